The summed E-state index contributed by atoms with van der Waals surface area (Å²) in [5, 5.41) is 17.8. The van der Waals surface area contributed by atoms with Crippen LogP contribution in [0.1, 0.15) is 5.56 Å². The summed E-state index contributed by atoms with van der Waals surface area (Å²) in [6, 6.07) is 0.460. The molecule has 23 heavy (non-hydrogen) atoms. The summed E-state index contributed by atoms with van der Waals surface area (Å²) in [4.78, 5) is 10.4. The van der Waals surface area contributed by atoms with Gasteiger partial charge in [0.1, 0.15) is 6.54 Å². The van der Waals surface area contributed by atoms with Gasteiger partial charge in [0.05, 0.1) is 15.7 Å². The van der Waals surface area contributed by atoms with Crippen LogP contribution < -0.4 is 5.32 Å². The second-order valence-electron chi connectivity index (χ2n) is 4.26. The molecule has 4 nitrogen and oxygen atoms in total. The van der Waals surface area contributed by atoms with Crippen molar-refractivity contribution in [2.45, 2.75) is 18.0 Å². The van der Waals surface area contributed by atoms with Gasteiger partial charge in [-0.05, 0) is 12.1 Å². The highest BCUT2D eigenvalue weighted by atomic mass is 35.5. The fraction of sp³-hybridized carbons (Fsp3) is 0.364. The number of carboxylic acids is 1. The smallest absolute Gasteiger partial charge is 0.455 e. The van der Waals surface area contributed by atoms with E-state index in [1.807, 2.05) is 0 Å². The Morgan fingerprint density at radius 1 is 1.09 bits per heavy atom. The van der Waals surface area contributed by atoms with E-state index >= 15 is 0 Å². The molecule has 1 atom stereocenters. The van der Waals surface area contributed by atoms with Crippen LogP contribution in [0.2, 0.25) is 10.0 Å². The Morgan fingerprint density at radius 2 is 1.52 bits per heavy atom. The molecule has 0 saturated carbocycles. The fourth-order valence-corrected chi connectivity index (χ4v) is 2.08. The molecule has 1 aromatic rings. The summed E-state index contributed by atoms with van der Waals surface area (Å²) in [5.74, 6) is -12.6. The molecule has 130 valence electrons. The van der Waals surface area contributed by atoms with Crippen LogP contribution in [-0.2, 0) is 10.7 Å². The topological polar surface area (TPSA) is 69.6 Å². The van der Waals surface area contributed by atoms with Crippen molar-refractivity contribution in [1.82, 2.24) is 0 Å². The van der Waals surface area contributed by atoms with Crippen molar-refractivity contribution in [2.75, 3.05) is 11.9 Å². The Morgan fingerprint density at radius 3 is 1.87 bits per heavy atom. The number of aliphatic hydroxyl groups is 1. The molecular formula is C11H7Cl2F6NO3. The Labute approximate surface area is 134 Å². The standard InChI is InChI=1S/C11H7Cl2F6NO3/c12-5-1-4(2-6(13)8(5)20-3-7(21)22)9(14,15)10(16,23)11(17,18)19/h1-2,20,23H,3H2,(H,21,22). The predicted octanol–water partition coefficient (Wildman–Crippen LogP) is 3.80. The lowest BCUT2D eigenvalue weighted by Crippen LogP contribution is -2.53. The van der Waals surface area contributed by atoms with Gasteiger partial charge in [0, 0.05) is 5.56 Å². The third kappa shape index (κ3) is 3.75. The predicted molar refractivity (Wildman–Crippen MR) is 68.6 cm³/mol. The SMILES string of the molecule is O=C(O)CNc1c(Cl)cc(C(F)(F)C(O)(F)C(F)(F)F)cc1Cl. The highest BCUT2D eigenvalue weighted by Gasteiger charge is 2.71. The quantitative estimate of drug-likeness (QED) is 0.674. The van der Waals surface area contributed by atoms with E-state index in [0.29, 0.717) is 0 Å². The van der Waals surface area contributed by atoms with E-state index in [2.05, 4.69) is 5.32 Å². The zero-order valence-electron chi connectivity index (χ0n) is 10.7. The number of carboxylic acid groups (broad SMARTS) is 1. The van der Waals surface area contributed by atoms with Gasteiger partial charge in [-0.25, -0.2) is 0 Å². The van der Waals surface area contributed by atoms with Gasteiger partial charge < -0.3 is 15.5 Å². The molecule has 1 unspecified atom stereocenters. The van der Waals surface area contributed by atoms with E-state index in [-0.39, 0.29) is 17.8 Å². The summed E-state index contributed by atoms with van der Waals surface area (Å²) >= 11 is 11.1. The van der Waals surface area contributed by atoms with Crippen LogP contribution in [0.5, 0.6) is 0 Å². The van der Waals surface area contributed by atoms with Crippen molar-refractivity contribution in [3.05, 3.63) is 27.7 Å². The lowest BCUT2D eigenvalue weighted by atomic mass is 10.00. The van der Waals surface area contributed by atoms with E-state index in [0.717, 1.165) is 0 Å². The third-order valence-corrected chi connectivity index (χ3v) is 3.21. The summed E-state index contributed by atoms with van der Waals surface area (Å²) in [6.07, 6.45) is -6.28. The number of halogens is 8. The molecule has 0 spiro atoms. The first-order valence-electron chi connectivity index (χ1n) is 5.53. The summed E-state index contributed by atoms with van der Waals surface area (Å²) in [5.41, 5.74) is -2.00. The number of hydrogen-bond acceptors (Lipinski definition) is 3. The van der Waals surface area contributed by atoms with Crippen LogP contribution in [0.3, 0.4) is 0 Å². The monoisotopic (exact) mass is 385 g/mol. The average molecular weight is 386 g/mol. The van der Waals surface area contributed by atoms with Crippen LogP contribution in [0.25, 0.3) is 0 Å². The Balaban J connectivity index is 3.32. The van der Waals surface area contributed by atoms with Crippen molar-refractivity contribution < 1.29 is 41.4 Å². The largest absolute Gasteiger partial charge is 0.480 e. The normalized spacial score (nSPS) is 15.2. The number of benzene rings is 1. The maximum Gasteiger partial charge on any atom is 0.455 e. The van der Waals surface area contributed by atoms with Crippen molar-refractivity contribution in [3.63, 3.8) is 0 Å². The minimum Gasteiger partial charge on any atom is -0.480 e. The first-order chi connectivity index (χ1) is 10.2. The summed E-state index contributed by atoms with van der Waals surface area (Å²) in [7, 11) is 0. The van der Waals surface area contributed by atoms with E-state index in [4.69, 9.17) is 33.4 Å². The molecule has 0 aliphatic heterocycles. The van der Waals surface area contributed by atoms with Gasteiger partial charge in [0.2, 0.25) is 0 Å². The summed E-state index contributed by atoms with van der Waals surface area (Å²) in [6.45, 7) is -0.717. The second kappa shape index (κ2) is 6.25. The molecule has 0 radical (unpaired) electrons. The molecule has 1 rings (SSSR count). The Hall–Kier alpha value is -1.39. The van der Waals surface area contributed by atoms with E-state index in [1.54, 1.807) is 0 Å². The fourth-order valence-electron chi connectivity index (χ4n) is 1.46. The molecule has 0 fully saturated rings. The lowest BCUT2D eigenvalue weighted by Gasteiger charge is -2.30. The molecular weight excluding hydrogens is 379 g/mol. The Kier molecular flexibility index (Phi) is 5.34. The molecule has 0 bridgehead atoms. The number of rotatable bonds is 5. The van der Waals surface area contributed by atoms with Gasteiger partial charge in [-0.15, -0.1) is 0 Å². The zero-order chi connectivity index (χ0) is 18.2. The van der Waals surface area contributed by atoms with Crippen LogP contribution in [-0.4, -0.2) is 34.8 Å². The average Bonchev–Trinajstić information content (AvgIpc) is 2.35. The summed E-state index contributed by atoms with van der Waals surface area (Å²) < 4.78 is 77.3. The van der Waals surface area contributed by atoms with Crippen molar-refractivity contribution in [3.8, 4) is 0 Å². The third-order valence-electron chi connectivity index (χ3n) is 2.61. The first kappa shape index (κ1) is 19.7. The van der Waals surface area contributed by atoms with Crippen LogP contribution in [0, 0.1) is 0 Å². The molecule has 1 aromatic carbocycles. The number of carbonyl (C=O) groups is 1. The van der Waals surface area contributed by atoms with Crippen molar-refractivity contribution in [1.29, 1.82) is 0 Å². The van der Waals surface area contributed by atoms with Crippen molar-refractivity contribution >= 4 is 34.9 Å². The number of aliphatic carboxylic acids is 1. The molecule has 0 aliphatic rings. The number of hydrogen-bond donors (Lipinski definition) is 3. The maximum atomic E-state index is 13.7. The lowest BCUT2D eigenvalue weighted by molar-refractivity contribution is -0.390. The van der Waals surface area contributed by atoms with Gasteiger partial charge >= 0.3 is 23.9 Å². The zero-order valence-corrected chi connectivity index (χ0v) is 12.2. The van der Waals surface area contributed by atoms with Crippen LogP contribution in [0.15, 0.2) is 12.1 Å². The molecule has 12 heteroatoms. The highest BCUT2D eigenvalue weighted by molar-refractivity contribution is 6.39. The van der Waals surface area contributed by atoms with Gasteiger partial charge in [0.15, 0.2) is 0 Å². The van der Waals surface area contributed by atoms with Crippen LogP contribution in [0.4, 0.5) is 32.0 Å². The molecule has 0 aliphatic carbocycles. The Bertz CT molecular complexity index is 597. The number of anilines is 1. The van der Waals surface area contributed by atoms with Gasteiger partial charge in [-0.3, -0.25) is 4.79 Å². The number of nitrogens with one attached hydrogen (secondary N) is 1. The molecule has 0 heterocycles. The molecule has 0 aromatic heterocycles. The van der Waals surface area contributed by atoms with Crippen molar-refractivity contribution in [2.24, 2.45) is 0 Å². The van der Waals surface area contributed by atoms with E-state index in [9.17, 15) is 31.1 Å². The molecule has 0 saturated heterocycles. The van der Waals surface area contributed by atoms with Gasteiger partial charge in [-0.2, -0.15) is 26.3 Å². The second-order valence-corrected chi connectivity index (χ2v) is 5.07. The van der Waals surface area contributed by atoms with Gasteiger partial charge in [0.25, 0.3) is 0 Å². The van der Waals surface area contributed by atoms with E-state index in [1.165, 1.54) is 0 Å². The number of alkyl halides is 6. The highest BCUT2D eigenvalue weighted by Crippen LogP contribution is 2.50. The van der Waals surface area contributed by atoms with Gasteiger partial charge in [-0.1, -0.05) is 23.2 Å². The minimum atomic E-state index is -6.28. The van der Waals surface area contributed by atoms with Crippen LogP contribution >= 0.6 is 23.2 Å². The van der Waals surface area contributed by atoms with E-state index < -0.39 is 46.1 Å². The minimum absolute atomic E-state index is 0.230. The maximum absolute atomic E-state index is 13.7. The first-order valence-corrected chi connectivity index (χ1v) is 6.28. The molecule has 3 N–H and O–H groups in total. The molecule has 0 amide bonds.